The Morgan fingerprint density at radius 3 is 2.62 bits per heavy atom. The lowest BCUT2D eigenvalue weighted by molar-refractivity contribution is -0.364. The fourth-order valence-electron chi connectivity index (χ4n) is 3.14. The summed E-state index contributed by atoms with van der Waals surface area (Å²) >= 11 is 3.39. The summed E-state index contributed by atoms with van der Waals surface area (Å²) < 4.78 is 6.18. The molecule has 0 saturated carbocycles. The van der Waals surface area contributed by atoms with Gasteiger partial charge in [-0.3, -0.25) is 9.69 Å². The number of carbonyl (C=O) groups is 1. The number of piperazine rings is 1. The van der Waals surface area contributed by atoms with Gasteiger partial charge in [0.05, 0.1) is 19.3 Å². The number of hydrogen-bond acceptors (Lipinski definition) is 4. The third-order valence-electron chi connectivity index (χ3n) is 4.52. The molecule has 1 aliphatic rings. The molecular weight excluding hydrogens is 398 g/mol. The molecule has 26 heavy (non-hydrogen) atoms. The number of H-pyrrole nitrogens is 1. The van der Waals surface area contributed by atoms with Crippen molar-refractivity contribution in [3.05, 3.63) is 69.1 Å². The number of rotatable bonds is 2. The lowest BCUT2D eigenvalue weighted by atomic mass is 10.1. The van der Waals surface area contributed by atoms with E-state index in [1.54, 1.807) is 23.1 Å². The maximum absolute atomic E-state index is 12.8. The molecule has 3 aromatic rings. The Bertz CT molecular complexity index is 1010. The van der Waals surface area contributed by atoms with E-state index in [4.69, 9.17) is 4.42 Å². The Morgan fingerprint density at radius 2 is 1.88 bits per heavy atom. The number of halogens is 1. The van der Waals surface area contributed by atoms with Crippen LogP contribution in [0.5, 0.6) is 0 Å². The number of hydrogen-bond donors (Lipinski definition) is 0. The molecule has 1 saturated heterocycles. The smallest absolute Gasteiger partial charge is 0.349 e. The van der Waals surface area contributed by atoms with Crippen LogP contribution in [0.2, 0.25) is 0 Å². The van der Waals surface area contributed by atoms with Gasteiger partial charge in [-0.2, -0.15) is 0 Å². The molecule has 0 atom stereocenters. The first-order valence-corrected chi connectivity index (χ1v) is 9.15. The molecule has 0 spiro atoms. The highest BCUT2D eigenvalue weighted by Crippen LogP contribution is 2.20. The third kappa shape index (κ3) is 3.22. The van der Waals surface area contributed by atoms with Crippen molar-refractivity contribution in [3.63, 3.8) is 0 Å². The zero-order chi connectivity index (χ0) is 18.1. The lowest BCUT2D eigenvalue weighted by Gasteiger charge is -2.30. The van der Waals surface area contributed by atoms with Crippen LogP contribution in [0.15, 0.2) is 62.3 Å². The van der Waals surface area contributed by atoms with Gasteiger partial charge in [0.25, 0.3) is 11.7 Å². The van der Waals surface area contributed by atoms with Gasteiger partial charge in [-0.05, 0) is 30.3 Å². The van der Waals surface area contributed by atoms with Crippen LogP contribution in [0.4, 0.5) is 5.82 Å². The fourth-order valence-corrected chi connectivity index (χ4v) is 3.52. The molecular formula is C19H17BrN3O3+. The van der Waals surface area contributed by atoms with Crippen LogP contribution in [0.25, 0.3) is 11.0 Å². The number of anilines is 1. The monoisotopic (exact) mass is 414 g/mol. The number of nitrogens with zero attached hydrogens (tertiary/aromatic N) is 2. The molecule has 1 fully saturated rings. The third-order valence-corrected chi connectivity index (χ3v) is 5.02. The van der Waals surface area contributed by atoms with Gasteiger partial charge in [0.15, 0.2) is 0 Å². The summed E-state index contributed by atoms with van der Waals surface area (Å²) in [6.45, 7) is 2.52. The quantitative estimate of drug-likeness (QED) is 0.603. The second-order valence-corrected chi connectivity index (χ2v) is 7.07. The molecule has 1 aliphatic heterocycles. The Labute approximate surface area is 158 Å². The molecule has 1 aromatic carbocycles. The lowest BCUT2D eigenvalue weighted by Crippen LogP contribution is -2.50. The molecule has 7 heteroatoms. The van der Waals surface area contributed by atoms with E-state index in [2.05, 4.69) is 25.8 Å². The predicted molar refractivity (Wildman–Crippen MR) is 101 cm³/mol. The molecule has 1 amide bonds. The molecule has 0 radical (unpaired) electrons. The Morgan fingerprint density at radius 1 is 1.08 bits per heavy atom. The molecule has 132 valence electrons. The van der Waals surface area contributed by atoms with Gasteiger partial charge in [0, 0.05) is 15.9 Å². The van der Waals surface area contributed by atoms with Crippen molar-refractivity contribution < 1.29 is 14.2 Å². The van der Waals surface area contributed by atoms with Crippen molar-refractivity contribution in [3.8, 4) is 0 Å². The number of fused-ring (bicyclic) bond motifs is 1. The highest BCUT2D eigenvalue weighted by atomic mass is 79.9. The van der Waals surface area contributed by atoms with Crippen molar-refractivity contribution in [2.75, 3.05) is 31.1 Å². The van der Waals surface area contributed by atoms with Crippen LogP contribution in [-0.2, 0) is 0 Å². The topological polar surface area (TPSA) is 67.9 Å². The van der Waals surface area contributed by atoms with Gasteiger partial charge >= 0.3 is 5.63 Å². The number of pyridine rings is 1. The van der Waals surface area contributed by atoms with Gasteiger partial charge in [0.2, 0.25) is 0 Å². The highest BCUT2D eigenvalue weighted by molar-refractivity contribution is 9.10. The Balaban J connectivity index is 1.54. The first-order chi connectivity index (χ1) is 12.6. The summed E-state index contributed by atoms with van der Waals surface area (Å²) in [5.74, 6) is 0.743. The predicted octanol–water partition coefficient (Wildman–Crippen LogP) is 2.33. The van der Waals surface area contributed by atoms with Crippen LogP contribution in [-0.4, -0.2) is 37.0 Å². The number of aromatic amines is 1. The minimum absolute atomic E-state index is 0.0790. The summed E-state index contributed by atoms with van der Waals surface area (Å²) in [6, 6.07) is 12.9. The average Bonchev–Trinajstić information content (AvgIpc) is 2.68. The molecule has 3 heterocycles. The highest BCUT2D eigenvalue weighted by Gasteiger charge is 2.28. The average molecular weight is 415 g/mol. The summed E-state index contributed by atoms with van der Waals surface area (Å²) in [6.07, 6.45) is 1.88. The van der Waals surface area contributed by atoms with Crippen molar-refractivity contribution in [1.29, 1.82) is 0 Å². The van der Waals surface area contributed by atoms with Crippen molar-refractivity contribution in [2.45, 2.75) is 0 Å². The van der Waals surface area contributed by atoms with Crippen LogP contribution in [0.3, 0.4) is 0 Å². The van der Waals surface area contributed by atoms with E-state index in [9.17, 15) is 9.59 Å². The maximum Gasteiger partial charge on any atom is 0.349 e. The van der Waals surface area contributed by atoms with Crippen LogP contribution in [0, 0.1) is 0 Å². The van der Waals surface area contributed by atoms with E-state index in [1.165, 1.54) is 0 Å². The van der Waals surface area contributed by atoms with E-state index < -0.39 is 5.63 Å². The van der Waals surface area contributed by atoms with Gasteiger partial charge in [-0.15, -0.1) is 0 Å². The van der Waals surface area contributed by atoms with Crippen molar-refractivity contribution >= 4 is 38.6 Å². The normalized spacial score (nSPS) is 14.7. The number of amides is 1. The minimum atomic E-state index is -0.594. The van der Waals surface area contributed by atoms with E-state index in [-0.39, 0.29) is 11.5 Å². The van der Waals surface area contributed by atoms with Crippen molar-refractivity contribution in [2.24, 2.45) is 0 Å². The molecule has 0 unspecified atom stereocenters. The summed E-state index contributed by atoms with van der Waals surface area (Å²) in [4.78, 5) is 32.2. The summed E-state index contributed by atoms with van der Waals surface area (Å²) in [7, 11) is 0. The Hall–Kier alpha value is -2.67. The van der Waals surface area contributed by atoms with E-state index in [1.807, 2.05) is 30.5 Å². The van der Waals surface area contributed by atoms with Crippen LogP contribution < -0.4 is 15.5 Å². The van der Waals surface area contributed by atoms with Gasteiger partial charge in [-0.1, -0.05) is 22.0 Å². The summed E-state index contributed by atoms with van der Waals surface area (Å²) in [5, 5.41) is 0.722. The van der Waals surface area contributed by atoms with E-state index >= 15 is 0 Å². The zero-order valence-electron chi connectivity index (χ0n) is 13.9. The molecule has 4 rings (SSSR count). The molecule has 6 nitrogen and oxygen atoms in total. The number of nitrogens with one attached hydrogen (secondary N) is 1. The first-order valence-electron chi connectivity index (χ1n) is 8.36. The molecule has 2 aromatic heterocycles. The largest absolute Gasteiger partial charge is 0.422 e. The number of aromatic nitrogens is 1. The maximum atomic E-state index is 12.8. The van der Waals surface area contributed by atoms with E-state index in [0.29, 0.717) is 31.8 Å². The molecule has 0 bridgehead atoms. The second kappa shape index (κ2) is 6.92. The molecule has 0 aliphatic carbocycles. The zero-order valence-corrected chi connectivity index (χ0v) is 15.5. The molecule has 1 N–H and O–H groups in total. The fraction of sp³-hybridized carbons (Fsp3) is 0.211. The van der Waals surface area contributed by atoms with Crippen LogP contribution >= 0.6 is 15.9 Å². The van der Waals surface area contributed by atoms with Crippen molar-refractivity contribution in [1.82, 2.24) is 4.90 Å². The van der Waals surface area contributed by atoms with Gasteiger partial charge in [0.1, 0.15) is 24.2 Å². The Kier molecular flexibility index (Phi) is 4.46. The standard InChI is InChI=1S/C19H16BrN3O3/c20-14-4-5-16-13(11-14)12-15(19(25)26-16)18(24)23-9-7-22(8-10-23)17-3-1-2-6-21-17/h1-6,11-12H,7-10H2/p+1. The first kappa shape index (κ1) is 16.8. The number of carbonyl (C=O) groups excluding carboxylic acids is 1. The van der Waals surface area contributed by atoms with Crippen LogP contribution in [0.1, 0.15) is 10.4 Å². The van der Waals surface area contributed by atoms with Gasteiger partial charge < -0.3 is 9.32 Å². The second-order valence-electron chi connectivity index (χ2n) is 6.16. The SMILES string of the molecule is O=C(c1cc2cc(Br)ccc2oc1=O)N1CCN(c2cccc[nH+]2)CC1. The van der Waals surface area contributed by atoms with Gasteiger partial charge in [-0.25, -0.2) is 9.78 Å². The number of benzene rings is 1. The minimum Gasteiger partial charge on any atom is -0.422 e. The van der Waals surface area contributed by atoms with E-state index in [0.717, 1.165) is 15.7 Å². The summed E-state index contributed by atoms with van der Waals surface area (Å²) in [5.41, 5.74) is -0.0434.